The summed E-state index contributed by atoms with van der Waals surface area (Å²) >= 11 is 0. The van der Waals surface area contributed by atoms with Crippen LogP contribution in [0, 0.1) is 5.92 Å². The fraction of sp³-hybridized carbons (Fsp3) is 0.682. The van der Waals surface area contributed by atoms with Gasteiger partial charge in [0.25, 0.3) is 0 Å². The third-order valence-electron chi connectivity index (χ3n) is 7.46. The molecule has 33 heavy (non-hydrogen) atoms. The number of piperidine rings is 1. The number of anilines is 1. The van der Waals surface area contributed by atoms with Crippen molar-refractivity contribution in [2.75, 3.05) is 30.8 Å². The lowest BCUT2D eigenvalue weighted by molar-refractivity contribution is 0.145. The van der Waals surface area contributed by atoms with Crippen molar-refractivity contribution >= 4 is 33.0 Å². The summed E-state index contributed by atoms with van der Waals surface area (Å²) in [5.41, 5.74) is 0.118. The molecule has 2 aromatic rings. The highest BCUT2D eigenvalue weighted by Crippen LogP contribution is 2.33. The predicted octanol–water partition coefficient (Wildman–Crippen LogP) is 2.79. The molecule has 2 fully saturated rings. The van der Waals surface area contributed by atoms with E-state index in [4.69, 9.17) is 0 Å². The number of nitrogens with one attached hydrogen (secondary N) is 2. The van der Waals surface area contributed by atoms with Crippen molar-refractivity contribution in [2.24, 2.45) is 5.92 Å². The summed E-state index contributed by atoms with van der Waals surface area (Å²) < 4.78 is 27.9. The minimum atomic E-state index is -3.45. The van der Waals surface area contributed by atoms with Crippen molar-refractivity contribution in [3.05, 3.63) is 18.6 Å². The van der Waals surface area contributed by atoms with Crippen LogP contribution >= 0.6 is 0 Å². The van der Waals surface area contributed by atoms with Gasteiger partial charge in [-0.1, -0.05) is 6.92 Å². The Morgan fingerprint density at radius 1 is 1.33 bits per heavy atom. The minimum Gasteiger partial charge on any atom is -0.465 e. The van der Waals surface area contributed by atoms with Crippen LogP contribution in [0.1, 0.15) is 51.9 Å². The van der Waals surface area contributed by atoms with E-state index in [1.165, 1.54) is 4.31 Å². The SMILES string of the molecule is CCC1(NC(=O)O)CCCN(S(=O)(=O)C[C@H]2CC[C@H](N(C)c3ncnc4[nH]ccc34)CC2)C1. The fourth-order valence-corrected chi connectivity index (χ4v) is 7.44. The summed E-state index contributed by atoms with van der Waals surface area (Å²) in [5, 5.41) is 12.8. The lowest BCUT2D eigenvalue weighted by Crippen LogP contribution is -2.59. The molecule has 1 saturated carbocycles. The second kappa shape index (κ2) is 9.46. The molecule has 2 aromatic heterocycles. The summed E-state index contributed by atoms with van der Waals surface area (Å²) in [5.74, 6) is 1.14. The van der Waals surface area contributed by atoms with Gasteiger partial charge in [-0.25, -0.2) is 23.2 Å². The second-order valence-electron chi connectivity index (χ2n) is 9.50. The van der Waals surface area contributed by atoms with Gasteiger partial charge in [-0.15, -0.1) is 0 Å². The molecule has 1 amide bonds. The quantitative estimate of drug-likeness (QED) is 0.557. The first kappa shape index (κ1) is 23.7. The number of rotatable bonds is 7. The monoisotopic (exact) mass is 478 g/mol. The third-order valence-corrected chi connectivity index (χ3v) is 9.45. The smallest absolute Gasteiger partial charge is 0.405 e. The van der Waals surface area contributed by atoms with Gasteiger partial charge in [0.2, 0.25) is 10.0 Å². The van der Waals surface area contributed by atoms with Gasteiger partial charge in [0, 0.05) is 32.4 Å². The Bertz CT molecular complexity index is 1080. The number of amides is 1. The maximum absolute atomic E-state index is 13.2. The molecule has 3 heterocycles. The number of nitrogens with zero attached hydrogens (tertiary/aromatic N) is 4. The molecule has 1 atom stereocenters. The standard InChI is InChI=1S/C22H34N6O4S/c1-3-22(26-21(29)30)10-4-12-28(14-22)33(31,32)13-16-5-7-17(8-6-16)27(2)20-18-9-11-23-19(18)24-15-25-20/h9,11,15-17,26H,3-8,10,12-14H2,1-2H3,(H,29,30)(H,23,24,25)/t16-,17-,22?. The first-order valence-corrected chi connectivity index (χ1v) is 13.3. The molecule has 0 bridgehead atoms. The number of hydrogen-bond acceptors (Lipinski definition) is 6. The topological polar surface area (TPSA) is 132 Å². The number of aromatic nitrogens is 3. The molecule has 11 heteroatoms. The second-order valence-corrected chi connectivity index (χ2v) is 11.5. The van der Waals surface area contributed by atoms with Crippen LogP contribution in [0.2, 0.25) is 0 Å². The molecule has 1 aliphatic carbocycles. The zero-order chi connectivity index (χ0) is 23.6. The summed E-state index contributed by atoms with van der Waals surface area (Å²) in [6.45, 7) is 2.59. The van der Waals surface area contributed by atoms with Crippen LogP contribution in [0.15, 0.2) is 18.6 Å². The Hall–Kier alpha value is -2.40. The van der Waals surface area contributed by atoms with Crippen molar-refractivity contribution < 1.29 is 18.3 Å². The van der Waals surface area contributed by atoms with Crippen LogP contribution in [0.3, 0.4) is 0 Å². The normalized spacial score (nSPS) is 26.8. The number of sulfonamides is 1. The number of H-pyrrole nitrogens is 1. The summed E-state index contributed by atoms with van der Waals surface area (Å²) in [6.07, 6.45) is 7.73. The van der Waals surface area contributed by atoms with E-state index in [2.05, 4.69) is 25.2 Å². The number of fused-ring (bicyclic) bond motifs is 1. The summed E-state index contributed by atoms with van der Waals surface area (Å²) in [7, 11) is -1.40. The number of carboxylic acid groups (broad SMARTS) is 1. The Balaban J connectivity index is 1.36. The summed E-state index contributed by atoms with van der Waals surface area (Å²) in [6, 6.07) is 2.28. The van der Waals surface area contributed by atoms with E-state index >= 15 is 0 Å². The molecule has 0 spiro atoms. The average Bonchev–Trinajstić information content (AvgIpc) is 3.28. The van der Waals surface area contributed by atoms with Gasteiger partial charge < -0.3 is 20.3 Å². The maximum Gasteiger partial charge on any atom is 0.405 e. The Morgan fingerprint density at radius 3 is 2.79 bits per heavy atom. The molecule has 1 unspecified atom stereocenters. The molecular weight excluding hydrogens is 444 g/mol. The average molecular weight is 479 g/mol. The van der Waals surface area contributed by atoms with E-state index in [-0.39, 0.29) is 18.2 Å². The van der Waals surface area contributed by atoms with Gasteiger partial charge in [0.05, 0.1) is 16.7 Å². The van der Waals surface area contributed by atoms with Crippen LogP contribution in [-0.4, -0.2) is 76.3 Å². The van der Waals surface area contributed by atoms with Crippen molar-refractivity contribution in [1.29, 1.82) is 0 Å². The highest BCUT2D eigenvalue weighted by atomic mass is 32.2. The van der Waals surface area contributed by atoms with Gasteiger partial charge in [-0.2, -0.15) is 4.31 Å². The maximum atomic E-state index is 13.2. The molecule has 182 valence electrons. The third kappa shape index (κ3) is 5.08. The van der Waals surface area contributed by atoms with Gasteiger partial charge in [-0.05, 0) is 56.9 Å². The molecule has 0 aromatic carbocycles. The first-order chi connectivity index (χ1) is 15.7. The number of aromatic amines is 1. The molecule has 1 aliphatic heterocycles. The van der Waals surface area contributed by atoms with Crippen molar-refractivity contribution in [3.63, 3.8) is 0 Å². The lowest BCUT2D eigenvalue weighted by atomic mass is 9.86. The van der Waals surface area contributed by atoms with Crippen molar-refractivity contribution in [3.8, 4) is 0 Å². The minimum absolute atomic E-state index is 0.114. The molecule has 2 aliphatic rings. The molecule has 1 saturated heterocycles. The Morgan fingerprint density at radius 2 is 2.09 bits per heavy atom. The Labute approximate surface area is 194 Å². The van der Waals surface area contributed by atoms with Gasteiger partial charge in [0.1, 0.15) is 17.8 Å². The van der Waals surface area contributed by atoms with Crippen molar-refractivity contribution in [2.45, 2.75) is 63.5 Å². The van der Waals surface area contributed by atoms with E-state index in [0.29, 0.717) is 31.8 Å². The molecular formula is C22H34N6O4S. The zero-order valence-electron chi connectivity index (χ0n) is 19.3. The largest absolute Gasteiger partial charge is 0.465 e. The van der Waals surface area contributed by atoms with Crippen LogP contribution in [0.5, 0.6) is 0 Å². The van der Waals surface area contributed by atoms with E-state index in [1.54, 1.807) is 6.33 Å². The summed E-state index contributed by atoms with van der Waals surface area (Å²) in [4.78, 5) is 25.3. The highest BCUT2D eigenvalue weighted by molar-refractivity contribution is 7.89. The molecule has 10 nitrogen and oxygen atoms in total. The van der Waals surface area contributed by atoms with E-state index in [0.717, 1.165) is 42.5 Å². The predicted molar refractivity (Wildman–Crippen MR) is 127 cm³/mol. The first-order valence-electron chi connectivity index (χ1n) is 11.7. The zero-order valence-corrected chi connectivity index (χ0v) is 20.1. The molecule has 3 N–H and O–H groups in total. The number of carbonyl (C=O) groups is 1. The highest BCUT2D eigenvalue weighted by Gasteiger charge is 2.40. The van der Waals surface area contributed by atoms with Crippen LogP contribution < -0.4 is 10.2 Å². The van der Waals surface area contributed by atoms with E-state index < -0.39 is 21.7 Å². The molecule has 0 radical (unpaired) electrons. The van der Waals surface area contributed by atoms with Crippen LogP contribution in [0.25, 0.3) is 11.0 Å². The lowest BCUT2D eigenvalue weighted by Gasteiger charge is -2.42. The van der Waals surface area contributed by atoms with Crippen molar-refractivity contribution in [1.82, 2.24) is 24.6 Å². The Kier molecular flexibility index (Phi) is 6.81. The van der Waals surface area contributed by atoms with Crippen LogP contribution in [-0.2, 0) is 10.0 Å². The number of hydrogen-bond donors (Lipinski definition) is 3. The van der Waals surface area contributed by atoms with Gasteiger partial charge >= 0.3 is 6.09 Å². The molecule has 4 rings (SSSR count). The van der Waals surface area contributed by atoms with E-state index in [1.807, 2.05) is 26.2 Å². The van der Waals surface area contributed by atoms with E-state index in [9.17, 15) is 18.3 Å². The van der Waals surface area contributed by atoms with Gasteiger partial charge in [0.15, 0.2) is 0 Å². The van der Waals surface area contributed by atoms with Gasteiger partial charge in [-0.3, -0.25) is 0 Å². The van der Waals surface area contributed by atoms with Crippen LogP contribution in [0.4, 0.5) is 10.6 Å². The fourth-order valence-electron chi connectivity index (χ4n) is 5.45.